The van der Waals surface area contributed by atoms with E-state index in [4.69, 9.17) is 4.74 Å². The molecule has 14 heavy (non-hydrogen) atoms. The molecule has 0 N–H and O–H groups in total. The third kappa shape index (κ3) is 2.69. The van der Waals surface area contributed by atoms with Crippen molar-refractivity contribution in [3.63, 3.8) is 0 Å². The van der Waals surface area contributed by atoms with E-state index >= 15 is 0 Å². The minimum Gasteiger partial charge on any atom is -0.482 e. The van der Waals surface area contributed by atoms with Gasteiger partial charge in [-0.1, -0.05) is 0 Å². The summed E-state index contributed by atoms with van der Waals surface area (Å²) in [7, 11) is 0. The van der Waals surface area contributed by atoms with Crippen LogP contribution in [0.25, 0.3) is 0 Å². The van der Waals surface area contributed by atoms with Gasteiger partial charge in [-0.3, -0.25) is 0 Å². The maximum absolute atomic E-state index is 13.3. The molecule has 3 heteroatoms. The van der Waals surface area contributed by atoms with E-state index in [0.717, 1.165) is 0 Å². The van der Waals surface area contributed by atoms with Crippen molar-refractivity contribution in [2.75, 3.05) is 0 Å². The van der Waals surface area contributed by atoms with Crippen molar-refractivity contribution in [3.05, 3.63) is 29.3 Å². The fourth-order valence-electron chi connectivity index (χ4n) is 1.09. The van der Waals surface area contributed by atoms with E-state index in [1.807, 2.05) is 0 Å². The van der Waals surface area contributed by atoms with Crippen LogP contribution < -0.4 is 4.74 Å². The number of benzene rings is 1. The number of ether oxygens (including phenoxy) is 1. The van der Waals surface area contributed by atoms with Gasteiger partial charge in [-0.05, 0) is 45.4 Å². The largest absolute Gasteiger partial charge is 0.482 e. The van der Waals surface area contributed by atoms with Crippen molar-refractivity contribution >= 4 is 0 Å². The Labute approximate surface area is 82.7 Å². The van der Waals surface area contributed by atoms with Crippen LogP contribution in [0.5, 0.6) is 5.75 Å². The van der Waals surface area contributed by atoms with E-state index in [1.165, 1.54) is 12.1 Å². The number of hydrogen-bond acceptors (Lipinski definition) is 1. The van der Waals surface area contributed by atoms with E-state index in [2.05, 4.69) is 0 Å². The van der Waals surface area contributed by atoms with Gasteiger partial charge in [-0.2, -0.15) is 0 Å². The van der Waals surface area contributed by atoms with Crippen LogP contribution in [-0.4, -0.2) is 5.60 Å². The highest BCUT2D eigenvalue weighted by molar-refractivity contribution is 5.31. The maximum atomic E-state index is 13.3. The second kappa shape index (κ2) is 3.56. The summed E-state index contributed by atoms with van der Waals surface area (Å²) in [4.78, 5) is 0. The Kier molecular flexibility index (Phi) is 2.79. The third-order valence-corrected chi connectivity index (χ3v) is 1.55. The van der Waals surface area contributed by atoms with Crippen molar-refractivity contribution in [1.29, 1.82) is 0 Å². The van der Waals surface area contributed by atoms with E-state index < -0.39 is 17.2 Å². The van der Waals surface area contributed by atoms with Gasteiger partial charge in [0.1, 0.15) is 5.60 Å². The summed E-state index contributed by atoms with van der Waals surface area (Å²) >= 11 is 0. The van der Waals surface area contributed by atoms with E-state index in [1.54, 1.807) is 27.7 Å². The van der Waals surface area contributed by atoms with Crippen LogP contribution in [0.4, 0.5) is 8.78 Å². The Morgan fingerprint density at radius 2 is 1.50 bits per heavy atom. The van der Waals surface area contributed by atoms with E-state index in [-0.39, 0.29) is 5.75 Å². The van der Waals surface area contributed by atoms with E-state index in [9.17, 15) is 8.78 Å². The first-order chi connectivity index (χ1) is 6.29. The Morgan fingerprint density at radius 1 is 1.07 bits per heavy atom. The highest BCUT2D eigenvalue weighted by atomic mass is 19.1. The van der Waals surface area contributed by atoms with Crippen LogP contribution in [-0.2, 0) is 0 Å². The molecule has 0 aliphatic heterocycles. The standard InChI is InChI=1S/C11H14F2O/c1-7-5-8(12)10(9(13)6-7)14-11(2,3)4/h5-6H,1-4H3. The summed E-state index contributed by atoms with van der Waals surface area (Å²) < 4.78 is 31.7. The lowest BCUT2D eigenvalue weighted by Crippen LogP contribution is -2.24. The lowest BCUT2D eigenvalue weighted by Gasteiger charge is -2.22. The van der Waals surface area contributed by atoms with Gasteiger partial charge in [0.2, 0.25) is 0 Å². The van der Waals surface area contributed by atoms with Crippen LogP contribution in [0, 0.1) is 18.6 Å². The average molecular weight is 200 g/mol. The molecule has 1 aromatic rings. The fraction of sp³-hybridized carbons (Fsp3) is 0.455. The molecule has 0 spiro atoms. The average Bonchev–Trinajstić information content (AvgIpc) is 1.95. The molecule has 0 heterocycles. The van der Waals surface area contributed by atoms with Gasteiger partial charge in [0.05, 0.1) is 0 Å². The number of aryl methyl sites for hydroxylation is 1. The minimum atomic E-state index is -0.655. The Hall–Kier alpha value is -1.12. The van der Waals surface area contributed by atoms with Crippen molar-refractivity contribution in [2.45, 2.75) is 33.3 Å². The third-order valence-electron chi connectivity index (χ3n) is 1.55. The molecule has 0 aliphatic carbocycles. The molecular weight excluding hydrogens is 186 g/mol. The second-order valence-corrected chi connectivity index (χ2v) is 4.27. The molecule has 0 atom stereocenters. The van der Waals surface area contributed by atoms with Crippen molar-refractivity contribution < 1.29 is 13.5 Å². The van der Waals surface area contributed by atoms with Gasteiger partial charge < -0.3 is 4.74 Å². The molecule has 0 aliphatic rings. The second-order valence-electron chi connectivity index (χ2n) is 4.27. The predicted octanol–water partition coefficient (Wildman–Crippen LogP) is 3.45. The Balaban J connectivity index is 3.09. The van der Waals surface area contributed by atoms with Gasteiger partial charge in [0, 0.05) is 0 Å². The van der Waals surface area contributed by atoms with Crippen LogP contribution in [0.1, 0.15) is 26.3 Å². The van der Waals surface area contributed by atoms with Crippen molar-refractivity contribution in [3.8, 4) is 5.75 Å². The van der Waals surface area contributed by atoms with Gasteiger partial charge in [-0.25, -0.2) is 8.78 Å². The molecule has 0 amide bonds. The summed E-state index contributed by atoms with van der Waals surface area (Å²) in [6.45, 7) is 6.86. The molecule has 0 radical (unpaired) electrons. The zero-order valence-corrected chi connectivity index (χ0v) is 8.82. The molecule has 1 aromatic carbocycles. The highest BCUT2D eigenvalue weighted by Crippen LogP contribution is 2.26. The lowest BCUT2D eigenvalue weighted by molar-refractivity contribution is 0.117. The first kappa shape index (κ1) is 11.0. The SMILES string of the molecule is Cc1cc(F)c(OC(C)(C)C)c(F)c1. The molecule has 78 valence electrons. The highest BCUT2D eigenvalue weighted by Gasteiger charge is 2.18. The summed E-state index contributed by atoms with van der Waals surface area (Å²) in [6, 6.07) is 2.51. The first-order valence-corrected chi connectivity index (χ1v) is 4.44. The van der Waals surface area contributed by atoms with Gasteiger partial charge >= 0.3 is 0 Å². The molecular formula is C11H14F2O. The molecule has 0 bridgehead atoms. The Morgan fingerprint density at radius 3 is 1.86 bits per heavy atom. The molecule has 1 rings (SSSR count). The monoisotopic (exact) mass is 200 g/mol. The molecule has 0 fully saturated rings. The maximum Gasteiger partial charge on any atom is 0.191 e. The number of hydrogen-bond donors (Lipinski definition) is 0. The van der Waals surface area contributed by atoms with Crippen molar-refractivity contribution in [1.82, 2.24) is 0 Å². The zero-order chi connectivity index (χ0) is 10.9. The summed E-state index contributed by atoms with van der Waals surface area (Å²) in [5, 5.41) is 0. The minimum absolute atomic E-state index is 0.303. The molecule has 1 nitrogen and oxygen atoms in total. The smallest absolute Gasteiger partial charge is 0.191 e. The van der Waals surface area contributed by atoms with Crippen LogP contribution in [0.2, 0.25) is 0 Å². The summed E-state index contributed by atoms with van der Waals surface area (Å²) in [6.07, 6.45) is 0. The van der Waals surface area contributed by atoms with Crippen molar-refractivity contribution in [2.24, 2.45) is 0 Å². The van der Waals surface area contributed by atoms with Crippen LogP contribution in [0.3, 0.4) is 0 Å². The van der Waals surface area contributed by atoms with Gasteiger partial charge in [0.25, 0.3) is 0 Å². The summed E-state index contributed by atoms with van der Waals surface area (Å²) in [5.74, 6) is -1.61. The number of rotatable bonds is 1. The predicted molar refractivity (Wildman–Crippen MR) is 51.5 cm³/mol. The van der Waals surface area contributed by atoms with Gasteiger partial charge in [0.15, 0.2) is 17.4 Å². The molecule has 0 saturated heterocycles. The fourth-order valence-corrected chi connectivity index (χ4v) is 1.09. The quantitative estimate of drug-likeness (QED) is 0.674. The zero-order valence-electron chi connectivity index (χ0n) is 8.82. The van der Waals surface area contributed by atoms with Crippen LogP contribution in [0.15, 0.2) is 12.1 Å². The summed E-state index contributed by atoms with van der Waals surface area (Å²) in [5.41, 5.74) is -0.0574. The first-order valence-electron chi connectivity index (χ1n) is 4.44. The van der Waals surface area contributed by atoms with E-state index in [0.29, 0.717) is 5.56 Å². The van der Waals surface area contributed by atoms with Gasteiger partial charge in [-0.15, -0.1) is 0 Å². The molecule has 0 unspecified atom stereocenters. The normalized spacial score (nSPS) is 11.6. The van der Waals surface area contributed by atoms with Crippen LogP contribution >= 0.6 is 0 Å². The number of halogens is 2. The molecule has 0 saturated carbocycles. The Bertz CT molecular complexity index is 317. The molecule has 0 aromatic heterocycles. The lowest BCUT2D eigenvalue weighted by atomic mass is 10.1. The topological polar surface area (TPSA) is 9.23 Å².